The fraction of sp³-hybridized carbons (Fsp3) is 0.455. The van der Waals surface area contributed by atoms with Crippen LogP contribution in [-0.4, -0.2) is 40.3 Å². The van der Waals surface area contributed by atoms with Crippen LogP contribution in [0.15, 0.2) is 35.3 Å². The van der Waals surface area contributed by atoms with Crippen molar-refractivity contribution >= 4 is 22.9 Å². The molecule has 3 aromatic rings. The summed E-state index contributed by atoms with van der Waals surface area (Å²) >= 11 is 0. The Morgan fingerprint density at radius 1 is 1.23 bits per heavy atom. The molecule has 0 unspecified atom stereocenters. The summed E-state index contributed by atoms with van der Waals surface area (Å²) in [5, 5.41) is 0.711. The molecule has 0 fully saturated rings. The van der Waals surface area contributed by atoms with Crippen LogP contribution in [0.2, 0.25) is 0 Å². The zero-order chi connectivity index (χ0) is 21.9. The van der Waals surface area contributed by atoms with E-state index < -0.39 is 11.7 Å². The maximum atomic E-state index is 12.8. The molecule has 0 radical (unpaired) electrons. The van der Waals surface area contributed by atoms with Crippen LogP contribution in [0.3, 0.4) is 0 Å². The van der Waals surface area contributed by atoms with E-state index in [1.807, 2.05) is 32.9 Å². The summed E-state index contributed by atoms with van der Waals surface area (Å²) in [6.07, 6.45) is 4.98. The number of carbonyl (C=O) groups excluding carboxylic acids is 1. The van der Waals surface area contributed by atoms with Crippen molar-refractivity contribution in [2.45, 2.75) is 46.6 Å². The fourth-order valence-electron chi connectivity index (χ4n) is 2.94. The molecular weight excluding hydrogens is 384 g/mol. The predicted octanol–water partition coefficient (Wildman–Crippen LogP) is 5.08. The van der Waals surface area contributed by atoms with E-state index in [0.717, 1.165) is 12.0 Å². The Hall–Kier alpha value is -3.16. The molecule has 2 heterocycles. The minimum Gasteiger partial charge on any atom is -0.495 e. The number of oxazole rings is 1. The second-order valence-electron chi connectivity index (χ2n) is 8.43. The molecule has 0 spiro atoms. The average molecular weight is 412 g/mol. The van der Waals surface area contributed by atoms with Crippen LogP contribution in [0.4, 0.5) is 10.7 Å². The van der Waals surface area contributed by atoms with Crippen LogP contribution < -0.4 is 9.64 Å². The maximum Gasteiger partial charge on any atom is 0.417 e. The van der Waals surface area contributed by atoms with Gasteiger partial charge in [0.2, 0.25) is 5.95 Å². The van der Waals surface area contributed by atoms with Crippen molar-refractivity contribution in [1.29, 1.82) is 0 Å². The highest BCUT2D eigenvalue weighted by Gasteiger charge is 2.26. The van der Waals surface area contributed by atoms with Crippen molar-refractivity contribution in [3.05, 3.63) is 30.9 Å². The third kappa shape index (κ3) is 4.87. The molecule has 0 aliphatic carbocycles. The molecule has 0 N–H and O–H groups in total. The zero-order valence-electron chi connectivity index (χ0n) is 18.3. The third-order valence-electron chi connectivity index (χ3n) is 4.39. The van der Waals surface area contributed by atoms with Gasteiger partial charge in [-0.3, -0.25) is 0 Å². The minimum atomic E-state index is -0.612. The lowest BCUT2D eigenvalue weighted by Gasteiger charge is -2.26. The van der Waals surface area contributed by atoms with Crippen LogP contribution in [0.25, 0.3) is 22.2 Å². The summed E-state index contributed by atoms with van der Waals surface area (Å²) < 4.78 is 16.6. The van der Waals surface area contributed by atoms with Crippen molar-refractivity contribution in [3.63, 3.8) is 0 Å². The first kappa shape index (κ1) is 21.5. The van der Waals surface area contributed by atoms with Crippen molar-refractivity contribution in [2.75, 3.05) is 18.6 Å². The van der Waals surface area contributed by atoms with Gasteiger partial charge in [0, 0.05) is 12.7 Å². The molecule has 2 aromatic heterocycles. The smallest absolute Gasteiger partial charge is 0.417 e. The number of amides is 1. The lowest BCUT2D eigenvalue weighted by Crippen LogP contribution is -2.38. The third-order valence-corrected chi connectivity index (χ3v) is 4.39. The maximum absolute atomic E-state index is 12.8. The quantitative estimate of drug-likeness (QED) is 0.557. The van der Waals surface area contributed by atoms with Crippen molar-refractivity contribution in [1.82, 2.24) is 15.0 Å². The Morgan fingerprint density at radius 2 is 2.00 bits per heavy atom. The van der Waals surface area contributed by atoms with Crippen molar-refractivity contribution in [3.8, 4) is 17.1 Å². The van der Waals surface area contributed by atoms with Gasteiger partial charge in [0.15, 0.2) is 12.2 Å². The van der Waals surface area contributed by atoms with E-state index in [0.29, 0.717) is 40.8 Å². The normalized spacial score (nSPS) is 11.7. The number of nitrogens with zero attached hydrogens (tertiary/aromatic N) is 4. The first-order chi connectivity index (χ1) is 14.2. The molecule has 8 heteroatoms. The highest BCUT2D eigenvalue weighted by molar-refractivity contribution is 5.93. The number of methoxy groups -OCH3 is 1. The molecule has 0 atom stereocenters. The number of hydrogen-bond acceptors (Lipinski definition) is 7. The van der Waals surface area contributed by atoms with Crippen LogP contribution in [0.5, 0.6) is 5.75 Å². The van der Waals surface area contributed by atoms with Gasteiger partial charge in [-0.2, -0.15) is 0 Å². The molecule has 3 rings (SSSR count). The molecular formula is C22H28N4O4. The van der Waals surface area contributed by atoms with E-state index in [4.69, 9.17) is 13.9 Å². The summed E-state index contributed by atoms with van der Waals surface area (Å²) in [6, 6.07) is 3.70. The van der Waals surface area contributed by atoms with Gasteiger partial charge in [-0.1, -0.05) is 13.8 Å². The predicted molar refractivity (Wildman–Crippen MR) is 115 cm³/mol. The highest BCUT2D eigenvalue weighted by Crippen LogP contribution is 2.36. The highest BCUT2D eigenvalue weighted by atomic mass is 16.6. The van der Waals surface area contributed by atoms with Crippen molar-refractivity contribution in [2.24, 2.45) is 5.92 Å². The van der Waals surface area contributed by atoms with E-state index >= 15 is 0 Å². The van der Waals surface area contributed by atoms with Gasteiger partial charge in [-0.05, 0) is 45.2 Å². The van der Waals surface area contributed by atoms with Crippen LogP contribution in [-0.2, 0) is 4.74 Å². The first-order valence-electron chi connectivity index (χ1n) is 9.92. The van der Waals surface area contributed by atoms with Gasteiger partial charge in [-0.25, -0.2) is 24.6 Å². The van der Waals surface area contributed by atoms with Crippen LogP contribution in [0, 0.1) is 5.92 Å². The Morgan fingerprint density at radius 3 is 2.60 bits per heavy atom. The van der Waals surface area contributed by atoms with E-state index in [-0.39, 0.29) is 0 Å². The Balaban J connectivity index is 2.02. The number of rotatable bonds is 6. The number of aromatic nitrogens is 3. The summed E-state index contributed by atoms with van der Waals surface area (Å²) in [5.74, 6) is 1.89. The number of anilines is 1. The molecule has 160 valence electrons. The summed E-state index contributed by atoms with van der Waals surface area (Å²) in [6.45, 7) is 10.2. The standard InChI is InChI=1S/C22H28N4O4/c1-14(2)9-10-26(21(27)30-22(3,4)5)20-24-11-16-17(25-20)8-7-15(19(16)28-6)18-12-23-13-29-18/h7-8,11-14H,9-10H2,1-6H3. The molecule has 8 nitrogen and oxygen atoms in total. The van der Waals surface area contributed by atoms with Gasteiger partial charge in [0.1, 0.15) is 11.4 Å². The lowest BCUT2D eigenvalue weighted by atomic mass is 10.1. The minimum absolute atomic E-state index is 0.298. The molecule has 0 aliphatic rings. The van der Waals surface area contributed by atoms with Crippen LogP contribution in [0.1, 0.15) is 41.0 Å². The van der Waals surface area contributed by atoms with Gasteiger partial charge < -0.3 is 13.9 Å². The monoisotopic (exact) mass is 412 g/mol. The van der Waals surface area contributed by atoms with E-state index in [2.05, 4.69) is 28.8 Å². The number of carbonyl (C=O) groups is 1. The molecule has 0 saturated carbocycles. The average Bonchev–Trinajstić information content (AvgIpc) is 3.20. The van der Waals surface area contributed by atoms with Gasteiger partial charge in [0.05, 0.1) is 29.8 Å². The van der Waals surface area contributed by atoms with Crippen LogP contribution >= 0.6 is 0 Å². The van der Waals surface area contributed by atoms with E-state index in [1.54, 1.807) is 19.5 Å². The number of hydrogen-bond donors (Lipinski definition) is 0. The molecule has 0 aliphatic heterocycles. The molecule has 30 heavy (non-hydrogen) atoms. The number of fused-ring (bicyclic) bond motifs is 1. The Bertz CT molecular complexity index is 1010. The van der Waals surface area contributed by atoms with Crippen molar-refractivity contribution < 1.29 is 18.7 Å². The van der Waals surface area contributed by atoms with Gasteiger partial charge in [0.25, 0.3) is 0 Å². The summed E-state index contributed by atoms with van der Waals surface area (Å²) in [4.78, 5) is 27.3. The summed E-state index contributed by atoms with van der Waals surface area (Å²) in [5.41, 5.74) is 0.792. The van der Waals surface area contributed by atoms with E-state index in [1.165, 1.54) is 11.3 Å². The lowest BCUT2D eigenvalue weighted by molar-refractivity contribution is 0.0576. The Kier molecular flexibility index (Phi) is 6.24. The number of benzene rings is 1. The Labute approximate surface area is 176 Å². The largest absolute Gasteiger partial charge is 0.495 e. The molecule has 0 saturated heterocycles. The van der Waals surface area contributed by atoms with Gasteiger partial charge >= 0.3 is 6.09 Å². The number of ether oxygens (including phenoxy) is 2. The topological polar surface area (TPSA) is 90.6 Å². The molecule has 0 bridgehead atoms. The fourth-order valence-corrected chi connectivity index (χ4v) is 2.94. The first-order valence-corrected chi connectivity index (χ1v) is 9.92. The second kappa shape index (κ2) is 8.69. The SMILES string of the molecule is COc1c(-c2cnco2)ccc2nc(N(CCC(C)C)C(=O)OC(C)(C)C)ncc12. The molecule has 1 aromatic carbocycles. The second-order valence-corrected chi connectivity index (χ2v) is 8.43. The summed E-state index contributed by atoms with van der Waals surface area (Å²) in [7, 11) is 1.58. The van der Waals surface area contributed by atoms with E-state index in [9.17, 15) is 4.79 Å². The zero-order valence-corrected chi connectivity index (χ0v) is 18.3. The van der Waals surface area contributed by atoms with Gasteiger partial charge in [-0.15, -0.1) is 0 Å². The molecule has 1 amide bonds.